The largest absolute Gasteiger partial charge is 0.330 e. The zero-order valence-electron chi connectivity index (χ0n) is 11.5. The van der Waals surface area contributed by atoms with Gasteiger partial charge in [0.15, 0.2) is 0 Å². The summed E-state index contributed by atoms with van der Waals surface area (Å²) in [6.07, 6.45) is 14.0. The smallest absolute Gasteiger partial charge is 0.00716 e. The van der Waals surface area contributed by atoms with Crippen molar-refractivity contribution in [3.63, 3.8) is 0 Å². The van der Waals surface area contributed by atoms with Crippen LogP contribution in [-0.2, 0) is 0 Å². The van der Waals surface area contributed by atoms with E-state index in [9.17, 15) is 0 Å². The summed E-state index contributed by atoms with van der Waals surface area (Å²) in [6, 6.07) is 0. The molecule has 0 bridgehead atoms. The highest BCUT2D eigenvalue weighted by Crippen LogP contribution is 2.42. The monoisotopic (exact) mass is 235 g/mol. The molecule has 0 spiro atoms. The zero-order valence-corrected chi connectivity index (χ0v) is 11.5. The van der Waals surface area contributed by atoms with Gasteiger partial charge in [-0.25, -0.2) is 0 Å². The van der Waals surface area contributed by atoms with E-state index in [-0.39, 0.29) is 0 Å². The Morgan fingerprint density at radius 2 is 1.88 bits per heavy atom. The van der Waals surface area contributed by atoms with Crippen LogP contribution in [0.4, 0.5) is 0 Å². The van der Waals surface area contributed by atoms with E-state index in [1.54, 1.807) is 0 Å². The van der Waals surface area contributed by atoms with Gasteiger partial charge in [-0.2, -0.15) is 0 Å². The normalized spacial score (nSPS) is 23.3. The fourth-order valence-corrected chi connectivity index (χ4v) is 3.75. The Morgan fingerprint density at radius 3 is 2.35 bits per heavy atom. The van der Waals surface area contributed by atoms with Gasteiger partial charge < -0.3 is 5.73 Å². The molecule has 0 unspecified atom stereocenters. The molecular formula is C16H29N. The molecule has 0 heterocycles. The van der Waals surface area contributed by atoms with E-state index in [1.807, 2.05) is 11.1 Å². The molecule has 2 saturated carbocycles. The van der Waals surface area contributed by atoms with Gasteiger partial charge in [-0.05, 0) is 63.3 Å². The minimum atomic E-state index is 0.804. The van der Waals surface area contributed by atoms with Crippen molar-refractivity contribution in [2.24, 2.45) is 17.6 Å². The average Bonchev–Trinajstić information content (AvgIpc) is 2.32. The van der Waals surface area contributed by atoms with Crippen LogP contribution in [0.3, 0.4) is 0 Å². The van der Waals surface area contributed by atoms with E-state index >= 15 is 0 Å². The van der Waals surface area contributed by atoms with E-state index in [2.05, 4.69) is 6.92 Å². The first-order valence-corrected chi connectivity index (χ1v) is 7.78. The second-order valence-electron chi connectivity index (χ2n) is 5.93. The van der Waals surface area contributed by atoms with Crippen LogP contribution in [0.15, 0.2) is 11.1 Å². The van der Waals surface area contributed by atoms with Gasteiger partial charge in [0.2, 0.25) is 0 Å². The van der Waals surface area contributed by atoms with E-state index in [1.165, 1.54) is 64.2 Å². The van der Waals surface area contributed by atoms with E-state index in [4.69, 9.17) is 5.73 Å². The Labute approximate surface area is 107 Å². The van der Waals surface area contributed by atoms with Gasteiger partial charge >= 0.3 is 0 Å². The lowest BCUT2D eigenvalue weighted by atomic mass is 9.71. The highest BCUT2D eigenvalue weighted by Gasteiger charge is 2.27. The van der Waals surface area contributed by atoms with Gasteiger partial charge in [-0.1, -0.05) is 37.3 Å². The van der Waals surface area contributed by atoms with E-state index < -0.39 is 0 Å². The van der Waals surface area contributed by atoms with Crippen LogP contribution in [0, 0.1) is 11.8 Å². The van der Waals surface area contributed by atoms with Crippen LogP contribution in [0.25, 0.3) is 0 Å². The number of rotatable bonds is 5. The molecule has 98 valence electrons. The summed E-state index contributed by atoms with van der Waals surface area (Å²) in [5.41, 5.74) is 9.52. The summed E-state index contributed by atoms with van der Waals surface area (Å²) in [5, 5.41) is 0. The molecule has 0 radical (unpaired) electrons. The highest BCUT2D eigenvalue weighted by atomic mass is 14.5. The molecule has 0 aliphatic heterocycles. The zero-order chi connectivity index (χ0) is 12.1. The third-order valence-corrected chi connectivity index (χ3v) is 4.86. The molecular weight excluding hydrogens is 206 g/mol. The highest BCUT2D eigenvalue weighted by molar-refractivity contribution is 5.25. The molecule has 0 aromatic carbocycles. The maximum atomic E-state index is 5.81. The lowest BCUT2D eigenvalue weighted by Crippen LogP contribution is -2.22. The fraction of sp³-hybridized carbons (Fsp3) is 0.875. The molecule has 2 aliphatic rings. The second-order valence-corrected chi connectivity index (χ2v) is 5.93. The number of hydrogen-bond donors (Lipinski definition) is 1. The summed E-state index contributed by atoms with van der Waals surface area (Å²) >= 11 is 0. The number of nitrogens with two attached hydrogens (primary N) is 1. The summed E-state index contributed by atoms with van der Waals surface area (Å²) < 4.78 is 0. The predicted octanol–water partition coefficient (Wildman–Crippen LogP) is 4.42. The van der Waals surface area contributed by atoms with Crippen LogP contribution in [0.2, 0.25) is 0 Å². The summed E-state index contributed by atoms with van der Waals surface area (Å²) in [4.78, 5) is 0. The van der Waals surface area contributed by atoms with Gasteiger partial charge in [0.05, 0.1) is 0 Å². The predicted molar refractivity (Wildman–Crippen MR) is 74.9 cm³/mol. The molecule has 1 atom stereocenters. The number of allylic oxidation sites excluding steroid dienone is 2. The molecule has 2 N–H and O–H groups in total. The molecule has 0 amide bonds. The Bertz CT molecular complexity index is 248. The van der Waals surface area contributed by atoms with Gasteiger partial charge in [0.25, 0.3) is 0 Å². The van der Waals surface area contributed by atoms with Crippen LogP contribution >= 0.6 is 0 Å². The average molecular weight is 235 g/mol. The first kappa shape index (κ1) is 13.1. The standard InChI is InChI=1S/C16H29N/c1-2-13(11-12-17)16(15-9-6-10-15)14-7-4-3-5-8-14/h13-14H,2-12,17H2,1H3/t13-/m1/s1. The van der Waals surface area contributed by atoms with Crippen molar-refractivity contribution in [2.45, 2.75) is 71.1 Å². The number of hydrogen-bond acceptors (Lipinski definition) is 1. The van der Waals surface area contributed by atoms with Crippen LogP contribution < -0.4 is 5.73 Å². The Kier molecular flexibility index (Phi) is 5.09. The molecule has 0 saturated heterocycles. The fourth-order valence-electron chi connectivity index (χ4n) is 3.75. The minimum absolute atomic E-state index is 0.804. The van der Waals surface area contributed by atoms with Crippen molar-refractivity contribution < 1.29 is 0 Å². The first-order valence-electron chi connectivity index (χ1n) is 7.78. The SMILES string of the molecule is CC[C@H](CCN)C(=C1CCC1)C1CCCCC1. The van der Waals surface area contributed by atoms with Crippen molar-refractivity contribution in [2.75, 3.05) is 6.54 Å². The lowest BCUT2D eigenvalue weighted by Gasteiger charge is -2.35. The maximum absolute atomic E-state index is 5.81. The minimum Gasteiger partial charge on any atom is -0.330 e. The molecule has 0 aromatic heterocycles. The van der Waals surface area contributed by atoms with E-state index in [0.29, 0.717) is 0 Å². The van der Waals surface area contributed by atoms with Crippen LogP contribution in [0.1, 0.15) is 71.1 Å². The first-order chi connectivity index (χ1) is 8.36. The van der Waals surface area contributed by atoms with Gasteiger partial charge in [-0.15, -0.1) is 0 Å². The summed E-state index contributed by atoms with van der Waals surface area (Å²) in [7, 11) is 0. The van der Waals surface area contributed by atoms with Gasteiger partial charge in [0.1, 0.15) is 0 Å². The van der Waals surface area contributed by atoms with Gasteiger partial charge in [-0.3, -0.25) is 0 Å². The molecule has 2 aliphatic carbocycles. The summed E-state index contributed by atoms with van der Waals surface area (Å²) in [6.45, 7) is 3.21. The molecule has 2 fully saturated rings. The Morgan fingerprint density at radius 1 is 1.18 bits per heavy atom. The maximum Gasteiger partial charge on any atom is -0.00716 e. The van der Waals surface area contributed by atoms with Crippen molar-refractivity contribution in [1.29, 1.82) is 0 Å². The van der Waals surface area contributed by atoms with Gasteiger partial charge in [0, 0.05) is 0 Å². The van der Waals surface area contributed by atoms with Crippen molar-refractivity contribution in [1.82, 2.24) is 0 Å². The Hall–Kier alpha value is -0.300. The molecule has 0 aromatic rings. The third-order valence-electron chi connectivity index (χ3n) is 4.86. The lowest BCUT2D eigenvalue weighted by molar-refractivity contribution is 0.350. The van der Waals surface area contributed by atoms with Crippen molar-refractivity contribution in [3.05, 3.63) is 11.1 Å². The molecule has 2 rings (SSSR count). The van der Waals surface area contributed by atoms with Crippen molar-refractivity contribution >= 4 is 0 Å². The third kappa shape index (κ3) is 3.13. The molecule has 1 nitrogen and oxygen atoms in total. The second kappa shape index (κ2) is 6.58. The quantitative estimate of drug-likeness (QED) is 0.701. The summed E-state index contributed by atoms with van der Waals surface area (Å²) in [5.74, 6) is 1.73. The molecule has 17 heavy (non-hydrogen) atoms. The van der Waals surface area contributed by atoms with Crippen molar-refractivity contribution in [3.8, 4) is 0 Å². The van der Waals surface area contributed by atoms with Crippen LogP contribution in [-0.4, -0.2) is 6.54 Å². The Balaban J connectivity index is 2.12. The molecule has 1 heteroatoms. The topological polar surface area (TPSA) is 26.0 Å². The van der Waals surface area contributed by atoms with E-state index in [0.717, 1.165) is 18.4 Å². The van der Waals surface area contributed by atoms with Crippen LogP contribution in [0.5, 0.6) is 0 Å².